The van der Waals surface area contributed by atoms with Crippen LogP contribution in [-0.4, -0.2) is 16.7 Å². The molecule has 0 N–H and O–H groups in total. The van der Waals surface area contributed by atoms with Gasteiger partial charge in [-0.15, -0.1) is 0 Å². The van der Waals surface area contributed by atoms with E-state index in [-0.39, 0.29) is 0 Å². The van der Waals surface area contributed by atoms with Crippen molar-refractivity contribution in [3.05, 3.63) is 36.8 Å². The Labute approximate surface area is 102 Å². The molecule has 0 atom stereocenters. The molecule has 0 aliphatic rings. The molecule has 0 spiro atoms. The van der Waals surface area contributed by atoms with Gasteiger partial charge in [-0.2, -0.15) is 0 Å². The monoisotopic (exact) mass is 230 g/mol. The van der Waals surface area contributed by atoms with E-state index in [1.54, 1.807) is 7.11 Å². The maximum absolute atomic E-state index is 5.24. The summed E-state index contributed by atoms with van der Waals surface area (Å²) in [6.07, 6.45) is 6.16. The SMILES string of the molecule is CCCCn1cncc1-c1cccc(OC)c1. The van der Waals surface area contributed by atoms with Crippen molar-refractivity contribution in [2.75, 3.05) is 7.11 Å². The first-order valence-corrected chi connectivity index (χ1v) is 5.99. The van der Waals surface area contributed by atoms with E-state index in [0.29, 0.717) is 0 Å². The van der Waals surface area contributed by atoms with Crippen LogP contribution in [0.25, 0.3) is 11.3 Å². The molecule has 0 saturated heterocycles. The molecule has 0 radical (unpaired) electrons. The molecule has 3 heteroatoms. The van der Waals surface area contributed by atoms with Crippen LogP contribution in [0, 0.1) is 0 Å². The molecular weight excluding hydrogens is 212 g/mol. The van der Waals surface area contributed by atoms with Crippen molar-refractivity contribution in [1.82, 2.24) is 9.55 Å². The summed E-state index contributed by atoms with van der Waals surface area (Å²) in [6.45, 7) is 3.21. The third-order valence-electron chi connectivity index (χ3n) is 2.83. The molecule has 2 aromatic rings. The third kappa shape index (κ3) is 2.67. The molecule has 1 aromatic carbocycles. The summed E-state index contributed by atoms with van der Waals surface area (Å²) in [6, 6.07) is 8.09. The van der Waals surface area contributed by atoms with Crippen molar-refractivity contribution < 1.29 is 4.74 Å². The maximum Gasteiger partial charge on any atom is 0.119 e. The van der Waals surface area contributed by atoms with Gasteiger partial charge in [-0.25, -0.2) is 4.98 Å². The summed E-state index contributed by atoms with van der Waals surface area (Å²) in [5.74, 6) is 0.880. The van der Waals surface area contributed by atoms with Crippen LogP contribution < -0.4 is 4.74 Å². The highest BCUT2D eigenvalue weighted by Crippen LogP contribution is 2.23. The number of aromatic nitrogens is 2. The number of hydrogen-bond acceptors (Lipinski definition) is 2. The molecule has 90 valence electrons. The van der Waals surface area contributed by atoms with E-state index >= 15 is 0 Å². The quantitative estimate of drug-likeness (QED) is 0.787. The number of hydrogen-bond donors (Lipinski definition) is 0. The van der Waals surface area contributed by atoms with Crippen molar-refractivity contribution in [1.29, 1.82) is 0 Å². The Morgan fingerprint density at radius 2 is 2.24 bits per heavy atom. The predicted molar refractivity (Wildman–Crippen MR) is 69.1 cm³/mol. The lowest BCUT2D eigenvalue weighted by Gasteiger charge is -2.08. The molecular formula is C14H18N2O. The summed E-state index contributed by atoms with van der Waals surface area (Å²) in [4.78, 5) is 4.23. The first kappa shape index (κ1) is 11.7. The van der Waals surface area contributed by atoms with Gasteiger partial charge in [0, 0.05) is 12.1 Å². The zero-order valence-corrected chi connectivity index (χ0v) is 10.4. The smallest absolute Gasteiger partial charge is 0.119 e. The molecule has 0 aliphatic carbocycles. The van der Waals surface area contributed by atoms with Gasteiger partial charge in [0.2, 0.25) is 0 Å². The fourth-order valence-electron chi connectivity index (χ4n) is 1.85. The number of rotatable bonds is 5. The van der Waals surface area contributed by atoms with Gasteiger partial charge in [0.05, 0.1) is 25.3 Å². The molecule has 0 fully saturated rings. The number of imidazole rings is 1. The second kappa shape index (κ2) is 5.53. The number of benzene rings is 1. The lowest BCUT2D eigenvalue weighted by Crippen LogP contribution is -1.98. The van der Waals surface area contributed by atoms with Crippen LogP contribution >= 0.6 is 0 Å². The normalized spacial score (nSPS) is 10.5. The topological polar surface area (TPSA) is 27.1 Å². The summed E-state index contributed by atoms with van der Waals surface area (Å²) < 4.78 is 7.44. The summed E-state index contributed by atoms with van der Waals surface area (Å²) >= 11 is 0. The average Bonchev–Trinajstić information content (AvgIpc) is 2.84. The molecule has 17 heavy (non-hydrogen) atoms. The minimum absolute atomic E-state index is 0.880. The number of aryl methyl sites for hydroxylation is 1. The minimum atomic E-state index is 0.880. The minimum Gasteiger partial charge on any atom is -0.497 e. The van der Waals surface area contributed by atoms with Gasteiger partial charge in [0.15, 0.2) is 0 Å². The van der Waals surface area contributed by atoms with Crippen molar-refractivity contribution in [3.8, 4) is 17.0 Å². The van der Waals surface area contributed by atoms with E-state index in [1.807, 2.05) is 30.7 Å². The Morgan fingerprint density at radius 1 is 1.35 bits per heavy atom. The van der Waals surface area contributed by atoms with E-state index in [2.05, 4.69) is 22.5 Å². The standard InChI is InChI=1S/C14H18N2O/c1-3-4-8-16-11-15-10-14(16)12-6-5-7-13(9-12)17-2/h5-7,9-11H,3-4,8H2,1-2H3. The number of unbranched alkanes of at least 4 members (excludes halogenated alkanes) is 1. The lowest BCUT2D eigenvalue weighted by molar-refractivity contribution is 0.415. The Bertz CT molecular complexity index is 477. The maximum atomic E-state index is 5.24. The van der Waals surface area contributed by atoms with Crippen molar-refractivity contribution in [2.24, 2.45) is 0 Å². The first-order valence-electron chi connectivity index (χ1n) is 5.99. The van der Waals surface area contributed by atoms with Crippen LogP contribution in [0.1, 0.15) is 19.8 Å². The highest BCUT2D eigenvalue weighted by molar-refractivity contribution is 5.61. The van der Waals surface area contributed by atoms with Crippen LogP contribution in [0.2, 0.25) is 0 Å². The van der Waals surface area contributed by atoms with E-state index in [4.69, 9.17) is 4.74 Å². The molecule has 2 rings (SSSR count). The van der Waals surface area contributed by atoms with Gasteiger partial charge in [-0.05, 0) is 18.6 Å². The zero-order valence-electron chi connectivity index (χ0n) is 10.4. The molecule has 3 nitrogen and oxygen atoms in total. The van der Waals surface area contributed by atoms with Gasteiger partial charge in [0.1, 0.15) is 5.75 Å². The summed E-state index contributed by atoms with van der Waals surface area (Å²) in [5.41, 5.74) is 2.30. The fraction of sp³-hybridized carbons (Fsp3) is 0.357. The third-order valence-corrected chi connectivity index (χ3v) is 2.83. The van der Waals surface area contributed by atoms with Gasteiger partial charge < -0.3 is 9.30 Å². The van der Waals surface area contributed by atoms with Crippen molar-refractivity contribution in [2.45, 2.75) is 26.3 Å². The van der Waals surface area contributed by atoms with Crippen molar-refractivity contribution >= 4 is 0 Å². The Hall–Kier alpha value is -1.77. The van der Waals surface area contributed by atoms with E-state index < -0.39 is 0 Å². The second-order valence-corrected chi connectivity index (χ2v) is 4.06. The van der Waals surface area contributed by atoms with Gasteiger partial charge in [0.25, 0.3) is 0 Å². The molecule has 0 aliphatic heterocycles. The molecule has 0 bridgehead atoms. The van der Waals surface area contributed by atoms with Gasteiger partial charge in [-0.1, -0.05) is 25.5 Å². The Morgan fingerprint density at radius 3 is 3.00 bits per heavy atom. The zero-order chi connectivity index (χ0) is 12.1. The van der Waals surface area contributed by atoms with Gasteiger partial charge >= 0.3 is 0 Å². The Balaban J connectivity index is 2.28. The molecule has 0 amide bonds. The summed E-state index contributed by atoms with van der Waals surface area (Å²) in [7, 11) is 1.69. The van der Waals surface area contributed by atoms with Crippen LogP contribution in [-0.2, 0) is 6.54 Å². The largest absolute Gasteiger partial charge is 0.497 e. The summed E-state index contributed by atoms with van der Waals surface area (Å²) in [5, 5.41) is 0. The van der Waals surface area contributed by atoms with Crippen LogP contribution in [0.4, 0.5) is 0 Å². The van der Waals surface area contributed by atoms with Gasteiger partial charge in [-0.3, -0.25) is 0 Å². The van der Waals surface area contributed by atoms with Crippen LogP contribution in [0.5, 0.6) is 5.75 Å². The average molecular weight is 230 g/mol. The molecule has 0 unspecified atom stereocenters. The molecule has 1 heterocycles. The van der Waals surface area contributed by atoms with E-state index in [1.165, 1.54) is 12.8 Å². The number of methoxy groups -OCH3 is 1. The number of ether oxygens (including phenoxy) is 1. The van der Waals surface area contributed by atoms with E-state index in [0.717, 1.165) is 23.6 Å². The second-order valence-electron chi connectivity index (χ2n) is 4.06. The predicted octanol–water partition coefficient (Wildman–Crippen LogP) is 3.36. The first-order chi connectivity index (χ1) is 8.35. The Kier molecular flexibility index (Phi) is 3.81. The molecule has 0 saturated carbocycles. The number of nitrogens with zero attached hydrogens (tertiary/aromatic N) is 2. The van der Waals surface area contributed by atoms with Crippen LogP contribution in [0.3, 0.4) is 0 Å². The van der Waals surface area contributed by atoms with E-state index in [9.17, 15) is 0 Å². The fourth-order valence-corrected chi connectivity index (χ4v) is 1.85. The molecule has 1 aromatic heterocycles. The van der Waals surface area contributed by atoms with Crippen molar-refractivity contribution in [3.63, 3.8) is 0 Å². The highest BCUT2D eigenvalue weighted by Gasteiger charge is 2.05. The highest BCUT2D eigenvalue weighted by atomic mass is 16.5. The lowest BCUT2D eigenvalue weighted by atomic mass is 10.1. The van der Waals surface area contributed by atoms with Crippen LogP contribution in [0.15, 0.2) is 36.8 Å².